The number of aromatic nitrogens is 2. The predicted octanol–water partition coefficient (Wildman–Crippen LogP) is 1.77. The molecule has 7 nitrogen and oxygen atoms in total. The van der Waals surface area contributed by atoms with Crippen LogP contribution >= 0.6 is 0 Å². The lowest BCUT2D eigenvalue weighted by Crippen LogP contribution is -2.56. The van der Waals surface area contributed by atoms with Crippen molar-refractivity contribution in [3.05, 3.63) is 18.0 Å². The monoisotopic (exact) mass is 377 g/mol. The van der Waals surface area contributed by atoms with Gasteiger partial charge in [0, 0.05) is 69.5 Å². The largest absolute Gasteiger partial charge is 0.481 e. The first kappa shape index (κ1) is 20.3. The Morgan fingerprint density at radius 3 is 2.63 bits per heavy atom. The molecule has 2 fully saturated rings. The number of likely N-dealkylation sites (N-methyl/N-ethyl adjacent to an activating group) is 1. The molecule has 0 bridgehead atoms. The quantitative estimate of drug-likeness (QED) is 0.781. The van der Waals surface area contributed by atoms with Crippen molar-refractivity contribution in [1.82, 2.24) is 24.5 Å². The fourth-order valence-electron chi connectivity index (χ4n) is 4.47. The molecular formula is C20H35N5O2. The highest BCUT2D eigenvalue weighted by Gasteiger charge is 2.34. The number of carbonyl (C=O) groups is 1. The van der Waals surface area contributed by atoms with Crippen LogP contribution in [0.4, 0.5) is 0 Å². The molecule has 27 heavy (non-hydrogen) atoms. The minimum absolute atomic E-state index is 0.272. The van der Waals surface area contributed by atoms with E-state index in [0.29, 0.717) is 18.0 Å². The lowest BCUT2D eigenvalue weighted by Gasteiger charge is -2.46. The van der Waals surface area contributed by atoms with E-state index in [4.69, 9.17) is 0 Å². The van der Waals surface area contributed by atoms with Crippen molar-refractivity contribution < 1.29 is 9.90 Å². The van der Waals surface area contributed by atoms with E-state index in [0.717, 1.165) is 58.7 Å². The molecule has 2 aliphatic heterocycles. The fraction of sp³-hybridized carbons (Fsp3) is 0.800. The fourth-order valence-corrected chi connectivity index (χ4v) is 4.47. The number of carboxylic acids is 1. The van der Waals surface area contributed by atoms with Gasteiger partial charge in [-0.1, -0.05) is 0 Å². The van der Waals surface area contributed by atoms with Crippen LogP contribution in [0.2, 0.25) is 0 Å². The topological polar surface area (TPSA) is 64.8 Å². The van der Waals surface area contributed by atoms with E-state index < -0.39 is 5.97 Å². The second-order valence-electron chi connectivity index (χ2n) is 8.55. The van der Waals surface area contributed by atoms with Gasteiger partial charge < -0.3 is 10.0 Å². The Hall–Kier alpha value is -1.44. The second kappa shape index (κ2) is 9.17. The van der Waals surface area contributed by atoms with E-state index in [9.17, 15) is 9.90 Å². The number of aliphatic carboxylic acids is 1. The van der Waals surface area contributed by atoms with Crippen molar-refractivity contribution in [2.45, 2.75) is 51.7 Å². The minimum Gasteiger partial charge on any atom is -0.481 e. The zero-order chi connectivity index (χ0) is 19.4. The van der Waals surface area contributed by atoms with E-state index in [-0.39, 0.29) is 6.42 Å². The Morgan fingerprint density at radius 1 is 1.26 bits per heavy atom. The summed E-state index contributed by atoms with van der Waals surface area (Å²) in [5.74, 6) is -0.249. The van der Waals surface area contributed by atoms with Crippen LogP contribution in [-0.2, 0) is 11.3 Å². The molecule has 1 aromatic rings. The number of rotatable bonds is 7. The molecule has 0 amide bonds. The summed E-state index contributed by atoms with van der Waals surface area (Å²) < 4.78 is 2.01. The summed E-state index contributed by atoms with van der Waals surface area (Å²) in [7, 11) is 2.18. The Bertz CT molecular complexity index is 609. The summed E-state index contributed by atoms with van der Waals surface area (Å²) in [5, 5.41) is 13.6. The molecule has 2 saturated heterocycles. The number of nitrogens with zero attached hydrogens (tertiary/aromatic N) is 5. The molecule has 0 aliphatic carbocycles. The van der Waals surface area contributed by atoms with Crippen LogP contribution in [0.25, 0.3) is 0 Å². The normalized spacial score (nSPS) is 25.9. The Morgan fingerprint density at radius 2 is 2.00 bits per heavy atom. The number of likely N-dealkylation sites (tertiary alicyclic amines) is 1. The maximum absolute atomic E-state index is 11.2. The van der Waals surface area contributed by atoms with E-state index in [1.807, 2.05) is 10.9 Å². The molecule has 0 aromatic carbocycles. The molecule has 0 radical (unpaired) electrons. The SMILES string of the molecule is CC(C)n1cc(CN2CC[C@H](N3CCN(C)CC3)[C@H](CCC(=O)O)C2)cn1. The molecule has 0 spiro atoms. The summed E-state index contributed by atoms with van der Waals surface area (Å²) in [4.78, 5) is 18.6. The van der Waals surface area contributed by atoms with Crippen LogP contribution in [0.5, 0.6) is 0 Å². The number of piperazine rings is 1. The van der Waals surface area contributed by atoms with Gasteiger partial charge in [0.05, 0.1) is 6.20 Å². The summed E-state index contributed by atoms with van der Waals surface area (Å²) in [5.41, 5.74) is 1.25. The van der Waals surface area contributed by atoms with E-state index in [1.54, 1.807) is 0 Å². The molecule has 1 aromatic heterocycles. The predicted molar refractivity (Wildman–Crippen MR) is 106 cm³/mol. The van der Waals surface area contributed by atoms with Gasteiger partial charge in [0.2, 0.25) is 0 Å². The Balaban J connectivity index is 1.61. The van der Waals surface area contributed by atoms with Crippen molar-refractivity contribution in [2.24, 2.45) is 5.92 Å². The third-order valence-corrected chi connectivity index (χ3v) is 6.10. The maximum atomic E-state index is 11.2. The zero-order valence-electron chi connectivity index (χ0n) is 17.0. The molecule has 3 rings (SSSR count). The van der Waals surface area contributed by atoms with E-state index in [2.05, 4.69) is 46.9 Å². The van der Waals surface area contributed by atoms with Crippen molar-refractivity contribution in [1.29, 1.82) is 0 Å². The molecule has 1 N–H and O–H groups in total. The highest BCUT2D eigenvalue weighted by atomic mass is 16.4. The van der Waals surface area contributed by atoms with E-state index >= 15 is 0 Å². The average Bonchev–Trinajstić information content (AvgIpc) is 3.10. The highest BCUT2D eigenvalue weighted by molar-refractivity contribution is 5.66. The van der Waals surface area contributed by atoms with Gasteiger partial charge in [-0.25, -0.2) is 0 Å². The first-order chi connectivity index (χ1) is 12.9. The van der Waals surface area contributed by atoms with Crippen molar-refractivity contribution in [3.63, 3.8) is 0 Å². The molecular weight excluding hydrogens is 342 g/mol. The smallest absolute Gasteiger partial charge is 0.303 e. The van der Waals surface area contributed by atoms with Crippen molar-refractivity contribution in [3.8, 4) is 0 Å². The van der Waals surface area contributed by atoms with Gasteiger partial charge in [-0.05, 0) is 46.2 Å². The van der Waals surface area contributed by atoms with Gasteiger partial charge >= 0.3 is 5.97 Å². The summed E-state index contributed by atoms with van der Waals surface area (Å²) in [6, 6.07) is 0.901. The highest BCUT2D eigenvalue weighted by Crippen LogP contribution is 2.28. The van der Waals surface area contributed by atoms with Gasteiger partial charge in [0.25, 0.3) is 0 Å². The lowest BCUT2D eigenvalue weighted by molar-refractivity contribution is -0.137. The van der Waals surface area contributed by atoms with Gasteiger partial charge in [-0.2, -0.15) is 5.10 Å². The molecule has 7 heteroatoms. The molecule has 2 atom stereocenters. The zero-order valence-corrected chi connectivity index (χ0v) is 17.0. The minimum atomic E-state index is -0.678. The van der Waals surface area contributed by atoms with Gasteiger partial charge in [-0.3, -0.25) is 19.3 Å². The van der Waals surface area contributed by atoms with Crippen molar-refractivity contribution in [2.75, 3.05) is 46.3 Å². The van der Waals surface area contributed by atoms with Crippen LogP contribution in [0.1, 0.15) is 44.7 Å². The summed E-state index contributed by atoms with van der Waals surface area (Å²) in [6.07, 6.45) is 6.29. The van der Waals surface area contributed by atoms with Crippen LogP contribution in [0.3, 0.4) is 0 Å². The van der Waals surface area contributed by atoms with Crippen LogP contribution < -0.4 is 0 Å². The van der Waals surface area contributed by atoms with Crippen LogP contribution in [0, 0.1) is 5.92 Å². The third kappa shape index (κ3) is 5.53. The van der Waals surface area contributed by atoms with Crippen LogP contribution in [0.15, 0.2) is 12.4 Å². The number of piperidine rings is 1. The molecule has 3 heterocycles. The number of hydrogen-bond acceptors (Lipinski definition) is 5. The van der Waals surface area contributed by atoms with Gasteiger partial charge in [0.1, 0.15) is 0 Å². The molecule has 0 saturated carbocycles. The van der Waals surface area contributed by atoms with Gasteiger partial charge in [-0.15, -0.1) is 0 Å². The lowest BCUT2D eigenvalue weighted by atomic mass is 9.86. The third-order valence-electron chi connectivity index (χ3n) is 6.10. The molecule has 152 valence electrons. The summed E-state index contributed by atoms with van der Waals surface area (Å²) in [6.45, 7) is 11.7. The first-order valence-corrected chi connectivity index (χ1v) is 10.3. The number of carboxylic acid groups (broad SMARTS) is 1. The summed E-state index contributed by atoms with van der Waals surface area (Å²) >= 11 is 0. The van der Waals surface area contributed by atoms with Crippen molar-refractivity contribution >= 4 is 5.97 Å². The number of hydrogen-bond donors (Lipinski definition) is 1. The standard InChI is InChI=1S/C20H35N5O2/c1-16(2)25-14-17(12-21-25)13-23-7-6-19(18(15-23)4-5-20(26)27)24-10-8-22(3)9-11-24/h12,14,16,18-19H,4-11,13,15H2,1-3H3,(H,26,27)/t18-,19+/m1/s1. The maximum Gasteiger partial charge on any atom is 0.303 e. The second-order valence-corrected chi connectivity index (χ2v) is 8.55. The Labute approximate surface area is 162 Å². The Kier molecular flexibility index (Phi) is 6.89. The average molecular weight is 378 g/mol. The molecule has 0 unspecified atom stereocenters. The van der Waals surface area contributed by atoms with Gasteiger partial charge in [0.15, 0.2) is 0 Å². The van der Waals surface area contributed by atoms with E-state index in [1.165, 1.54) is 5.56 Å². The first-order valence-electron chi connectivity index (χ1n) is 10.3. The van der Waals surface area contributed by atoms with Crippen LogP contribution in [-0.4, -0.2) is 87.9 Å². The molecule has 2 aliphatic rings.